The molecular weight excluding hydrogens is 294 g/mol. The Morgan fingerprint density at radius 2 is 1.83 bits per heavy atom. The number of hydrogen-bond donors (Lipinski definition) is 2. The van der Waals surface area contributed by atoms with E-state index < -0.39 is 12.0 Å². The molecule has 0 aliphatic rings. The van der Waals surface area contributed by atoms with Crippen molar-refractivity contribution in [3.63, 3.8) is 0 Å². The van der Waals surface area contributed by atoms with Gasteiger partial charge in [-0.2, -0.15) is 0 Å². The van der Waals surface area contributed by atoms with Crippen molar-refractivity contribution >= 4 is 22.5 Å². The van der Waals surface area contributed by atoms with Crippen LogP contribution in [0.3, 0.4) is 0 Å². The Bertz CT molecular complexity index is 856. The molecule has 2 aromatic carbocycles. The molecule has 0 fully saturated rings. The zero-order chi connectivity index (χ0) is 16.2. The summed E-state index contributed by atoms with van der Waals surface area (Å²) >= 11 is 0. The third-order valence-corrected chi connectivity index (χ3v) is 3.31. The molecule has 6 heteroatoms. The molecule has 0 saturated carbocycles. The normalized spacial score (nSPS) is 12.6. The molecule has 3 aromatic rings. The predicted octanol–water partition coefficient (Wildman–Crippen LogP) is 3.95. The minimum Gasteiger partial charge on any atom is -0.493 e. The molecule has 6 nitrogen and oxygen atoms in total. The third-order valence-electron chi connectivity index (χ3n) is 3.31. The van der Waals surface area contributed by atoms with E-state index in [1.54, 1.807) is 31.2 Å². The summed E-state index contributed by atoms with van der Waals surface area (Å²) in [6.07, 6.45) is -0.770. The standard InChI is InChI=1S/C17H15N3O3/c1-11(23-12-7-3-2-4-8-12)16(21)20-19-15-13-9-5-6-10-14(13)18-17(15)22/h2-11,18,22H,1H3/t11-/m1/s1. The van der Waals surface area contributed by atoms with Crippen molar-refractivity contribution in [2.24, 2.45) is 10.2 Å². The van der Waals surface area contributed by atoms with Gasteiger partial charge in [0.05, 0.1) is 5.52 Å². The summed E-state index contributed by atoms with van der Waals surface area (Å²) in [5.74, 6) is -0.0728. The van der Waals surface area contributed by atoms with Crippen LogP contribution in [0.2, 0.25) is 0 Å². The third kappa shape index (κ3) is 3.21. The van der Waals surface area contributed by atoms with Gasteiger partial charge in [-0.05, 0) is 25.1 Å². The second-order valence-corrected chi connectivity index (χ2v) is 4.98. The van der Waals surface area contributed by atoms with E-state index >= 15 is 0 Å². The molecule has 0 radical (unpaired) electrons. The molecule has 1 heterocycles. The Labute approximate surface area is 132 Å². The van der Waals surface area contributed by atoms with Crippen LogP contribution in [-0.4, -0.2) is 22.1 Å². The molecule has 116 valence electrons. The van der Waals surface area contributed by atoms with Crippen molar-refractivity contribution in [2.45, 2.75) is 13.0 Å². The van der Waals surface area contributed by atoms with Gasteiger partial charge >= 0.3 is 5.91 Å². The Morgan fingerprint density at radius 3 is 2.61 bits per heavy atom. The monoisotopic (exact) mass is 309 g/mol. The number of ether oxygens (including phenoxy) is 1. The van der Waals surface area contributed by atoms with Gasteiger partial charge in [-0.15, -0.1) is 10.2 Å². The number of para-hydroxylation sites is 2. The number of carbonyl (C=O) groups is 1. The number of azo groups is 1. The highest BCUT2D eigenvalue weighted by Crippen LogP contribution is 2.35. The van der Waals surface area contributed by atoms with Crippen molar-refractivity contribution in [1.82, 2.24) is 4.98 Å². The molecule has 0 bridgehead atoms. The Morgan fingerprint density at radius 1 is 1.13 bits per heavy atom. The molecule has 1 aromatic heterocycles. The highest BCUT2D eigenvalue weighted by molar-refractivity contribution is 5.94. The van der Waals surface area contributed by atoms with Crippen LogP contribution in [0.25, 0.3) is 10.9 Å². The number of H-pyrrole nitrogens is 1. The van der Waals surface area contributed by atoms with Crippen molar-refractivity contribution in [1.29, 1.82) is 0 Å². The highest BCUT2D eigenvalue weighted by atomic mass is 16.5. The number of fused-ring (bicyclic) bond motifs is 1. The highest BCUT2D eigenvalue weighted by Gasteiger charge is 2.15. The summed E-state index contributed by atoms with van der Waals surface area (Å²) in [5, 5.41) is 18.1. The van der Waals surface area contributed by atoms with Crippen LogP contribution in [0, 0.1) is 0 Å². The summed E-state index contributed by atoms with van der Waals surface area (Å²) < 4.78 is 5.49. The number of nitrogens with zero attached hydrogens (tertiary/aromatic N) is 2. The molecular formula is C17H15N3O3. The molecule has 0 unspecified atom stereocenters. The number of hydrogen-bond acceptors (Lipinski definition) is 4. The number of aromatic amines is 1. The van der Waals surface area contributed by atoms with E-state index in [4.69, 9.17) is 4.74 Å². The maximum Gasteiger partial charge on any atom is 0.304 e. The summed E-state index contributed by atoms with van der Waals surface area (Å²) in [7, 11) is 0. The van der Waals surface area contributed by atoms with Gasteiger partial charge in [0.1, 0.15) is 5.75 Å². The first-order valence-corrected chi connectivity index (χ1v) is 7.12. The van der Waals surface area contributed by atoms with E-state index in [1.807, 2.05) is 30.3 Å². The smallest absolute Gasteiger partial charge is 0.304 e. The number of benzene rings is 2. The molecule has 0 saturated heterocycles. The Kier molecular flexibility index (Phi) is 4.05. The SMILES string of the molecule is C[C@@H](Oc1ccccc1)C(=O)N=Nc1c(O)[nH]c2ccccc12. The van der Waals surface area contributed by atoms with Crippen LogP contribution >= 0.6 is 0 Å². The minimum atomic E-state index is -0.770. The van der Waals surface area contributed by atoms with Crippen LogP contribution in [0.1, 0.15) is 6.92 Å². The molecule has 0 aliphatic carbocycles. The maximum absolute atomic E-state index is 12.0. The van der Waals surface area contributed by atoms with Crippen LogP contribution in [0.4, 0.5) is 5.69 Å². The summed E-state index contributed by atoms with van der Waals surface area (Å²) in [6.45, 7) is 1.60. The van der Waals surface area contributed by atoms with E-state index in [-0.39, 0.29) is 11.6 Å². The number of nitrogens with one attached hydrogen (secondary N) is 1. The Balaban J connectivity index is 1.76. The van der Waals surface area contributed by atoms with Gasteiger partial charge in [0.2, 0.25) is 5.88 Å². The van der Waals surface area contributed by atoms with Gasteiger partial charge in [0.15, 0.2) is 11.8 Å². The second-order valence-electron chi connectivity index (χ2n) is 4.98. The lowest BCUT2D eigenvalue weighted by Gasteiger charge is -2.10. The lowest BCUT2D eigenvalue weighted by Crippen LogP contribution is -2.21. The van der Waals surface area contributed by atoms with Crippen LogP contribution in [0.15, 0.2) is 64.8 Å². The van der Waals surface area contributed by atoms with Crippen molar-refractivity contribution in [3.8, 4) is 11.6 Å². The summed E-state index contributed by atoms with van der Waals surface area (Å²) in [5.41, 5.74) is 0.959. The van der Waals surface area contributed by atoms with Crippen molar-refractivity contribution in [3.05, 3.63) is 54.6 Å². The first-order valence-electron chi connectivity index (χ1n) is 7.12. The quantitative estimate of drug-likeness (QED) is 0.715. The molecule has 2 N–H and O–H groups in total. The van der Waals surface area contributed by atoms with Crippen LogP contribution < -0.4 is 4.74 Å². The molecule has 3 rings (SSSR count). The molecule has 0 spiro atoms. The zero-order valence-corrected chi connectivity index (χ0v) is 12.4. The van der Waals surface area contributed by atoms with Crippen molar-refractivity contribution in [2.75, 3.05) is 0 Å². The second kappa shape index (κ2) is 6.31. The molecule has 1 atom stereocenters. The van der Waals surface area contributed by atoms with Gasteiger partial charge < -0.3 is 14.8 Å². The van der Waals surface area contributed by atoms with E-state index in [2.05, 4.69) is 15.2 Å². The zero-order valence-electron chi connectivity index (χ0n) is 12.4. The topological polar surface area (TPSA) is 87.0 Å². The molecule has 0 aliphatic heterocycles. The van der Waals surface area contributed by atoms with E-state index in [9.17, 15) is 9.90 Å². The van der Waals surface area contributed by atoms with Gasteiger partial charge in [-0.25, -0.2) is 0 Å². The fourth-order valence-electron chi connectivity index (χ4n) is 2.15. The number of aromatic nitrogens is 1. The van der Waals surface area contributed by atoms with E-state index in [1.165, 1.54) is 0 Å². The summed E-state index contributed by atoms with van der Waals surface area (Å²) in [4.78, 5) is 14.8. The first-order chi connectivity index (χ1) is 11.1. The van der Waals surface area contributed by atoms with Crippen LogP contribution in [-0.2, 0) is 4.79 Å². The lowest BCUT2D eigenvalue weighted by molar-refractivity contribution is -0.124. The molecule has 23 heavy (non-hydrogen) atoms. The Hall–Kier alpha value is -3.15. The fourth-order valence-corrected chi connectivity index (χ4v) is 2.15. The lowest BCUT2D eigenvalue weighted by atomic mass is 10.2. The molecule has 1 amide bonds. The minimum absolute atomic E-state index is 0.126. The first kappa shape index (κ1) is 14.8. The number of amides is 1. The average Bonchev–Trinajstić information content (AvgIpc) is 2.88. The number of aromatic hydroxyl groups is 1. The van der Waals surface area contributed by atoms with E-state index in [0.29, 0.717) is 11.1 Å². The van der Waals surface area contributed by atoms with Gasteiger partial charge in [-0.1, -0.05) is 36.4 Å². The fraction of sp³-hybridized carbons (Fsp3) is 0.118. The summed E-state index contributed by atoms with van der Waals surface area (Å²) in [6, 6.07) is 16.2. The van der Waals surface area contributed by atoms with E-state index in [0.717, 1.165) is 5.52 Å². The van der Waals surface area contributed by atoms with Gasteiger partial charge in [0.25, 0.3) is 0 Å². The van der Waals surface area contributed by atoms with Crippen molar-refractivity contribution < 1.29 is 14.6 Å². The number of rotatable bonds is 4. The van der Waals surface area contributed by atoms with Gasteiger partial charge in [0, 0.05) is 5.39 Å². The average molecular weight is 309 g/mol. The predicted molar refractivity (Wildman–Crippen MR) is 86.0 cm³/mol. The van der Waals surface area contributed by atoms with Crippen LogP contribution in [0.5, 0.6) is 11.6 Å². The number of carbonyl (C=O) groups excluding carboxylic acids is 1. The largest absolute Gasteiger partial charge is 0.493 e. The van der Waals surface area contributed by atoms with Gasteiger partial charge in [-0.3, -0.25) is 4.79 Å². The maximum atomic E-state index is 12.0.